The first kappa shape index (κ1) is 7.95. The van der Waals surface area contributed by atoms with Crippen LogP contribution in [0.5, 0.6) is 0 Å². The Balaban J connectivity index is 2.41. The van der Waals surface area contributed by atoms with E-state index in [4.69, 9.17) is 5.73 Å². The van der Waals surface area contributed by atoms with Gasteiger partial charge in [-0.25, -0.2) is 4.39 Å². The maximum atomic E-state index is 12.8. The monoisotopic (exact) mass is 146 g/mol. The van der Waals surface area contributed by atoms with Crippen molar-refractivity contribution in [2.24, 2.45) is 5.73 Å². The molecule has 1 unspecified atom stereocenters. The van der Waals surface area contributed by atoms with E-state index in [1.165, 1.54) is 0 Å². The minimum Gasteiger partial charge on any atom is -0.324 e. The first-order chi connectivity index (χ1) is 4.61. The molecule has 0 aliphatic carbocycles. The summed E-state index contributed by atoms with van der Waals surface area (Å²) in [6.45, 7) is 5.34. The number of hydrogen-bond donors (Lipinski definition) is 1. The minimum absolute atomic E-state index is 0.262. The molecule has 0 aromatic carbocycles. The fourth-order valence-corrected chi connectivity index (χ4v) is 1.24. The Kier molecular flexibility index (Phi) is 2.26. The molecule has 0 aromatic heterocycles. The predicted molar refractivity (Wildman–Crippen MR) is 39.6 cm³/mol. The lowest BCUT2D eigenvalue weighted by atomic mass is 10.2. The SMILES string of the molecule is CC(C)N1CC(F)[C@@H](N)C1. The first-order valence-corrected chi connectivity index (χ1v) is 3.75. The molecule has 3 heteroatoms. The van der Waals surface area contributed by atoms with Crippen molar-refractivity contribution in [1.82, 2.24) is 4.90 Å². The first-order valence-electron chi connectivity index (χ1n) is 3.75. The van der Waals surface area contributed by atoms with Crippen molar-refractivity contribution < 1.29 is 4.39 Å². The molecule has 0 bridgehead atoms. The Bertz CT molecular complexity index is 106. The summed E-state index contributed by atoms with van der Waals surface area (Å²) in [5.41, 5.74) is 5.49. The Labute approximate surface area is 61.2 Å². The summed E-state index contributed by atoms with van der Waals surface area (Å²) in [7, 11) is 0. The van der Waals surface area contributed by atoms with Gasteiger partial charge >= 0.3 is 0 Å². The van der Waals surface area contributed by atoms with E-state index in [2.05, 4.69) is 18.7 Å². The van der Waals surface area contributed by atoms with E-state index in [0.717, 1.165) is 0 Å². The van der Waals surface area contributed by atoms with Gasteiger partial charge in [-0.3, -0.25) is 4.90 Å². The summed E-state index contributed by atoms with van der Waals surface area (Å²) in [6.07, 6.45) is -0.817. The van der Waals surface area contributed by atoms with Crippen LogP contribution in [0.15, 0.2) is 0 Å². The van der Waals surface area contributed by atoms with Gasteiger partial charge in [-0.05, 0) is 13.8 Å². The summed E-state index contributed by atoms with van der Waals surface area (Å²) < 4.78 is 12.8. The number of nitrogens with two attached hydrogens (primary N) is 1. The van der Waals surface area contributed by atoms with Crippen molar-refractivity contribution >= 4 is 0 Å². The lowest BCUT2D eigenvalue weighted by Crippen LogP contribution is -2.32. The van der Waals surface area contributed by atoms with Gasteiger partial charge in [0.05, 0.1) is 0 Å². The highest BCUT2D eigenvalue weighted by Gasteiger charge is 2.30. The number of hydrogen-bond acceptors (Lipinski definition) is 2. The third kappa shape index (κ3) is 1.47. The van der Waals surface area contributed by atoms with E-state index in [0.29, 0.717) is 19.1 Å². The molecule has 1 aliphatic heterocycles. The average Bonchev–Trinajstić information content (AvgIpc) is 2.13. The number of nitrogens with zero attached hydrogens (tertiary/aromatic N) is 1. The minimum atomic E-state index is -0.817. The average molecular weight is 146 g/mol. The van der Waals surface area contributed by atoms with Gasteiger partial charge < -0.3 is 5.73 Å². The van der Waals surface area contributed by atoms with E-state index in [1.807, 2.05) is 0 Å². The van der Waals surface area contributed by atoms with Crippen LogP contribution in [0.4, 0.5) is 4.39 Å². The molecular weight excluding hydrogens is 131 g/mol. The Hall–Kier alpha value is -0.150. The molecule has 0 amide bonds. The van der Waals surface area contributed by atoms with Crippen LogP contribution in [-0.4, -0.2) is 36.2 Å². The molecule has 0 spiro atoms. The number of alkyl halides is 1. The molecule has 2 N–H and O–H groups in total. The van der Waals surface area contributed by atoms with E-state index >= 15 is 0 Å². The van der Waals surface area contributed by atoms with Gasteiger partial charge in [-0.15, -0.1) is 0 Å². The topological polar surface area (TPSA) is 29.3 Å². The lowest BCUT2D eigenvalue weighted by Gasteiger charge is -2.18. The zero-order chi connectivity index (χ0) is 7.72. The number of likely N-dealkylation sites (tertiary alicyclic amines) is 1. The van der Waals surface area contributed by atoms with Crippen molar-refractivity contribution in [3.05, 3.63) is 0 Å². The normalized spacial score (nSPS) is 35.7. The van der Waals surface area contributed by atoms with Crippen molar-refractivity contribution in [3.8, 4) is 0 Å². The quantitative estimate of drug-likeness (QED) is 0.579. The van der Waals surface area contributed by atoms with Crippen molar-refractivity contribution in [3.63, 3.8) is 0 Å². The summed E-state index contributed by atoms with van der Waals surface area (Å²) in [6, 6.07) is 0.161. The molecule has 10 heavy (non-hydrogen) atoms. The van der Waals surface area contributed by atoms with Gasteiger partial charge in [0.2, 0.25) is 0 Å². The highest BCUT2D eigenvalue weighted by molar-refractivity contribution is 4.87. The molecule has 0 aromatic rings. The van der Waals surface area contributed by atoms with Crippen LogP contribution in [0, 0.1) is 0 Å². The predicted octanol–water partition coefficient (Wildman–Crippen LogP) is 0.376. The highest BCUT2D eigenvalue weighted by Crippen LogP contribution is 2.13. The summed E-state index contributed by atoms with van der Waals surface area (Å²) >= 11 is 0. The van der Waals surface area contributed by atoms with Crippen LogP contribution in [-0.2, 0) is 0 Å². The van der Waals surface area contributed by atoms with Gasteiger partial charge in [0.15, 0.2) is 0 Å². The Morgan fingerprint density at radius 3 is 2.30 bits per heavy atom. The van der Waals surface area contributed by atoms with Gasteiger partial charge in [0, 0.05) is 25.2 Å². The van der Waals surface area contributed by atoms with E-state index in [9.17, 15) is 4.39 Å². The van der Waals surface area contributed by atoms with Gasteiger partial charge in [-0.1, -0.05) is 0 Å². The van der Waals surface area contributed by atoms with E-state index in [1.54, 1.807) is 0 Å². The Morgan fingerprint density at radius 1 is 1.50 bits per heavy atom. The van der Waals surface area contributed by atoms with Crippen molar-refractivity contribution in [2.45, 2.75) is 32.1 Å². The second-order valence-corrected chi connectivity index (χ2v) is 3.23. The fraction of sp³-hybridized carbons (Fsp3) is 1.00. The van der Waals surface area contributed by atoms with Crippen molar-refractivity contribution in [1.29, 1.82) is 0 Å². The zero-order valence-corrected chi connectivity index (χ0v) is 6.55. The molecule has 1 aliphatic rings. The molecule has 2 atom stereocenters. The zero-order valence-electron chi connectivity index (χ0n) is 6.55. The standard InChI is InChI=1S/C7H15FN2/c1-5(2)10-3-6(8)7(9)4-10/h5-7H,3-4,9H2,1-2H3/t6?,7-/m0/s1. The number of halogens is 1. The molecule has 2 nitrogen and oxygen atoms in total. The molecule has 0 radical (unpaired) electrons. The third-order valence-corrected chi connectivity index (χ3v) is 2.05. The summed E-state index contributed by atoms with van der Waals surface area (Å²) in [5, 5.41) is 0. The van der Waals surface area contributed by atoms with Crippen LogP contribution in [0.3, 0.4) is 0 Å². The van der Waals surface area contributed by atoms with Crippen LogP contribution >= 0.6 is 0 Å². The largest absolute Gasteiger partial charge is 0.324 e. The molecule has 0 saturated carbocycles. The van der Waals surface area contributed by atoms with Crippen molar-refractivity contribution in [2.75, 3.05) is 13.1 Å². The van der Waals surface area contributed by atoms with E-state index < -0.39 is 6.17 Å². The Morgan fingerprint density at radius 2 is 2.10 bits per heavy atom. The smallest absolute Gasteiger partial charge is 0.129 e. The highest BCUT2D eigenvalue weighted by atomic mass is 19.1. The summed E-state index contributed by atoms with van der Waals surface area (Å²) in [4.78, 5) is 2.06. The molecular formula is C7H15FN2. The molecule has 1 saturated heterocycles. The second kappa shape index (κ2) is 2.84. The van der Waals surface area contributed by atoms with Crippen LogP contribution in [0.25, 0.3) is 0 Å². The van der Waals surface area contributed by atoms with Crippen LogP contribution in [0.2, 0.25) is 0 Å². The second-order valence-electron chi connectivity index (χ2n) is 3.23. The lowest BCUT2D eigenvalue weighted by molar-refractivity contribution is 0.245. The third-order valence-electron chi connectivity index (χ3n) is 2.05. The van der Waals surface area contributed by atoms with Gasteiger partial charge in [0.1, 0.15) is 6.17 Å². The summed E-state index contributed by atoms with van der Waals surface area (Å²) in [5.74, 6) is 0. The molecule has 1 heterocycles. The van der Waals surface area contributed by atoms with Gasteiger partial charge in [-0.2, -0.15) is 0 Å². The van der Waals surface area contributed by atoms with E-state index in [-0.39, 0.29) is 6.04 Å². The maximum absolute atomic E-state index is 12.8. The fourth-order valence-electron chi connectivity index (χ4n) is 1.24. The van der Waals surface area contributed by atoms with Crippen LogP contribution in [0.1, 0.15) is 13.8 Å². The van der Waals surface area contributed by atoms with Crippen LogP contribution < -0.4 is 5.73 Å². The van der Waals surface area contributed by atoms with Gasteiger partial charge in [0.25, 0.3) is 0 Å². The molecule has 60 valence electrons. The molecule has 1 rings (SSSR count). The number of rotatable bonds is 1. The molecule has 1 fully saturated rings. The maximum Gasteiger partial charge on any atom is 0.129 e.